The number of rotatable bonds is 6. The zero-order valence-electron chi connectivity index (χ0n) is 32.6. The van der Waals surface area contributed by atoms with Crippen molar-refractivity contribution in [3.8, 4) is 5.75 Å². The van der Waals surface area contributed by atoms with Gasteiger partial charge in [-0.3, -0.25) is 0 Å². The van der Waals surface area contributed by atoms with E-state index in [1.807, 2.05) is 12.1 Å². The number of para-hydroxylation sites is 4. The van der Waals surface area contributed by atoms with Crippen LogP contribution in [-0.2, 0) is 35.7 Å². The van der Waals surface area contributed by atoms with Gasteiger partial charge in [-0.15, -0.1) is 13.2 Å². The molecule has 0 amide bonds. The van der Waals surface area contributed by atoms with Crippen LogP contribution in [0.3, 0.4) is 0 Å². The van der Waals surface area contributed by atoms with Gasteiger partial charge in [0.15, 0.2) is 0 Å². The Balaban J connectivity index is 0.000000181. The van der Waals surface area contributed by atoms with Crippen molar-refractivity contribution in [3.63, 3.8) is 0 Å². The number of alkyl halides is 3. The number of hydrogen-bond acceptors (Lipinski definition) is 6. The number of hydrogen-bond donors (Lipinski definition) is 2. The van der Waals surface area contributed by atoms with E-state index in [2.05, 4.69) is 104 Å². The zero-order chi connectivity index (χ0) is 40.3. The molecule has 4 aliphatic rings. The van der Waals surface area contributed by atoms with E-state index in [1.54, 1.807) is 0 Å². The van der Waals surface area contributed by atoms with Crippen LogP contribution in [0, 0.1) is 0 Å². The molecular weight excluding hydrogens is 758 g/mol. The lowest BCUT2D eigenvalue weighted by Gasteiger charge is -2.40. The smallest absolute Gasteiger partial charge is 0.406 e. The number of anilines is 4. The first-order valence-corrected chi connectivity index (χ1v) is 22.0. The van der Waals surface area contributed by atoms with Gasteiger partial charge in [0.05, 0.1) is 4.90 Å². The number of nitrogens with two attached hydrogens (primary N) is 1. The summed E-state index contributed by atoms with van der Waals surface area (Å²) in [5.41, 5.74) is 16.9. The standard InChI is InChI=1S/C27H27F3N2O3S.C20H24N2/c28-27(29,30)35-23-14-16-24(17-15-23)36(33,34)31-21-8-5-9-22(18-21)32-25-10-3-1-6-19(25)12-13-20-7-2-4-11-26(20)32;21-17-8-5-9-18(14-17)22-19-10-3-1-6-15(19)12-13-16-7-2-4-11-20(16)22/h1-4,6-7,10-11,14-17,21-22,31H,5,8-9,12-13,18H2;1-4,6-7,10-11,17-18H,5,8-9,12-14,21H2. The minimum Gasteiger partial charge on any atom is -0.406 e. The molecule has 11 heteroatoms. The van der Waals surface area contributed by atoms with Crippen molar-refractivity contribution in [2.75, 3.05) is 9.80 Å². The second-order valence-electron chi connectivity index (χ2n) is 16.0. The number of sulfonamides is 1. The van der Waals surface area contributed by atoms with Gasteiger partial charge in [-0.1, -0.05) is 72.8 Å². The van der Waals surface area contributed by atoms with E-state index in [9.17, 15) is 21.6 Å². The Kier molecular flexibility index (Phi) is 11.8. The first-order valence-electron chi connectivity index (χ1n) is 20.6. The average molecular weight is 809 g/mol. The summed E-state index contributed by atoms with van der Waals surface area (Å²) in [7, 11) is -3.91. The lowest BCUT2D eigenvalue weighted by Crippen LogP contribution is -2.44. The third kappa shape index (κ3) is 9.07. The Morgan fingerprint density at radius 1 is 0.569 bits per heavy atom. The van der Waals surface area contributed by atoms with Gasteiger partial charge in [0.2, 0.25) is 10.0 Å². The van der Waals surface area contributed by atoms with Gasteiger partial charge in [0.1, 0.15) is 5.75 Å². The zero-order valence-corrected chi connectivity index (χ0v) is 33.4. The van der Waals surface area contributed by atoms with Gasteiger partial charge >= 0.3 is 6.36 Å². The van der Waals surface area contributed by atoms with E-state index in [4.69, 9.17) is 5.73 Å². The number of ether oxygens (including phenoxy) is 1. The topological polar surface area (TPSA) is 87.9 Å². The molecule has 304 valence electrons. The second kappa shape index (κ2) is 17.2. The first-order chi connectivity index (χ1) is 28.0. The van der Waals surface area contributed by atoms with Crippen LogP contribution in [0.4, 0.5) is 35.9 Å². The van der Waals surface area contributed by atoms with Crippen molar-refractivity contribution in [2.45, 2.75) is 112 Å². The lowest BCUT2D eigenvalue weighted by atomic mass is 9.89. The van der Waals surface area contributed by atoms with E-state index >= 15 is 0 Å². The molecule has 5 aromatic carbocycles. The molecule has 2 aliphatic carbocycles. The van der Waals surface area contributed by atoms with Crippen LogP contribution in [-0.4, -0.2) is 38.9 Å². The summed E-state index contributed by atoms with van der Waals surface area (Å²) in [5.74, 6) is -0.460. The maximum atomic E-state index is 13.0. The molecule has 9 rings (SSSR count). The number of halogens is 3. The average Bonchev–Trinajstić information content (AvgIpc) is 3.49. The molecule has 0 spiro atoms. The molecule has 0 radical (unpaired) electrons. The van der Waals surface area contributed by atoms with Crippen LogP contribution in [0.2, 0.25) is 0 Å². The summed E-state index contributed by atoms with van der Waals surface area (Å²) < 4.78 is 70.0. The van der Waals surface area contributed by atoms with Crippen LogP contribution in [0.25, 0.3) is 0 Å². The Morgan fingerprint density at radius 3 is 1.41 bits per heavy atom. The van der Waals surface area contributed by atoms with Crippen molar-refractivity contribution < 1.29 is 26.3 Å². The van der Waals surface area contributed by atoms with Crippen molar-refractivity contribution in [1.82, 2.24) is 4.72 Å². The molecule has 4 unspecified atom stereocenters. The van der Waals surface area contributed by atoms with Crippen LogP contribution in [0.1, 0.15) is 73.6 Å². The van der Waals surface area contributed by atoms with Gasteiger partial charge in [-0.25, -0.2) is 13.1 Å². The fraction of sp³-hybridized carbons (Fsp3) is 0.362. The molecule has 2 aliphatic heterocycles. The number of fused-ring (bicyclic) bond motifs is 4. The molecule has 0 saturated heterocycles. The highest BCUT2D eigenvalue weighted by Gasteiger charge is 2.35. The van der Waals surface area contributed by atoms with Crippen LogP contribution < -0.4 is 25.0 Å². The van der Waals surface area contributed by atoms with Gasteiger partial charge in [-0.05, 0) is 148 Å². The number of nitrogens with one attached hydrogen (secondary N) is 1. The second-order valence-corrected chi connectivity index (χ2v) is 17.7. The summed E-state index contributed by atoms with van der Waals surface area (Å²) in [5, 5.41) is 0. The monoisotopic (exact) mass is 808 g/mol. The van der Waals surface area contributed by atoms with Crippen molar-refractivity contribution in [2.24, 2.45) is 5.73 Å². The summed E-state index contributed by atoms with van der Waals surface area (Å²) in [6, 6.07) is 39.6. The fourth-order valence-corrected chi connectivity index (χ4v) is 10.7. The van der Waals surface area contributed by atoms with E-state index in [-0.39, 0.29) is 17.0 Å². The largest absolute Gasteiger partial charge is 0.573 e. The molecule has 58 heavy (non-hydrogen) atoms. The van der Waals surface area contributed by atoms with Crippen LogP contribution in [0.15, 0.2) is 126 Å². The highest BCUT2D eigenvalue weighted by atomic mass is 32.2. The van der Waals surface area contributed by atoms with Crippen molar-refractivity contribution >= 4 is 32.8 Å². The molecule has 4 atom stereocenters. The lowest BCUT2D eigenvalue weighted by molar-refractivity contribution is -0.274. The van der Waals surface area contributed by atoms with Crippen molar-refractivity contribution in [1.29, 1.82) is 0 Å². The van der Waals surface area contributed by atoms with Gasteiger partial charge in [0, 0.05) is 46.9 Å². The molecule has 2 saturated carbocycles. The summed E-state index contributed by atoms with van der Waals surface area (Å²) in [6.45, 7) is 0. The van der Waals surface area contributed by atoms with Gasteiger partial charge in [-0.2, -0.15) is 0 Å². The maximum absolute atomic E-state index is 13.0. The summed E-state index contributed by atoms with van der Waals surface area (Å²) >= 11 is 0. The predicted octanol–water partition coefficient (Wildman–Crippen LogP) is 10.3. The maximum Gasteiger partial charge on any atom is 0.573 e. The predicted molar refractivity (Wildman–Crippen MR) is 225 cm³/mol. The van der Waals surface area contributed by atoms with Crippen molar-refractivity contribution in [3.05, 3.63) is 144 Å². The van der Waals surface area contributed by atoms with Gasteiger partial charge in [0.25, 0.3) is 0 Å². The quantitative estimate of drug-likeness (QED) is 0.178. The molecular formula is C47H51F3N4O3S. The van der Waals surface area contributed by atoms with Crippen LogP contribution in [0.5, 0.6) is 5.75 Å². The summed E-state index contributed by atoms with van der Waals surface area (Å²) in [6.07, 6.45) is 7.19. The molecule has 0 bridgehead atoms. The highest BCUT2D eigenvalue weighted by molar-refractivity contribution is 7.89. The van der Waals surface area contributed by atoms with E-state index < -0.39 is 22.1 Å². The molecule has 2 heterocycles. The highest BCUT2D eigenvalue weighted by Crippen LogP contribution is 2.42. The molecule has 0 aromatic heterocycles. The first kappa shape index (κ1) is 40.0. The third-order valence-electron chi connectivity index (χ3n) is 12.1. The van der Waals surface area contributed by atoms with Gasteiger partial charge < -0.3 is 20.3 Å². The molecule has 5 aromatic rings. The molecule has 7 nitrogen and oxygen atoms in total. The Labute approximate surface area is 340 Å². The van der Waals surface area contributed by atoms with E-state index in [0.29, 0.717) is 24.9 Å². The fourth-order valence-electron chi connectivity index (χ4n) is 9.46. The summed E-state index contributed by atoms with van der Waals surface area (Å²) in [4.78, 5) is 4.88. The minimum absolute atomic E-state index is 0.0930. The number of benzene rings is 5. The van der Waals surface area contributed by atoms with E-state index in [0.717, 1.165) is 80.6 Å². The van der Waals surface area contributed by atoms with E-state index in [1.165, 1.54) is 52.9 Å². The Bertz CT molecular complexity index is 2210. The SMILES string of the molecule is NC1CCCC(N2c3ccccc3CCc3ccccc32)C1.O=S(=O)(NC1CCCC(N2c3ccccc3CCc3ccccc32)C1)c1ccc(OC(F)(F)F)cc1. The third-order valence-corrected chi connectivity index (χ3v) is 13.6. The molecule has 3 N–H and O–H groups in total. The molecule has 2 fully saturated rings. The Hall–Kier alpha value is -4.84. The number of nitrogens with zero attached hydrogens (tertiary/aromatic N) is 2. The Morgan fingerprint density at radius 2 is 0.983 bits per heavy atom. The number of aryl methyl sites for hydroxylation is 4. The normalized spacial score (nSPS) is 21.8. The minimum atomic E-state index is -4.83. The van der Waals surface area contributed by atoms with Crippen LogP contribution >= 0.6 is 0 Å².